The molecule has 1 aliphatic rings. The minimum absolute atomic E-state index is 0.00628. The van der Waals surface area contributed by atoms with Crippen LogP contribution in [0.5, 0.6) is 0 Å². The zero-order valence-corrected chi connectivity index (χ0v) is 17.7. The van der Waals surface area contributed by atoms with Crippen LogP contribution in [-0.4, -0.2) is 33.0 Å². The van der Waals surface area contributed by atoms with Gasteiger partial charge in [0.2, 0.25) is 5.91 Å². The number of fused-ring (bicyclic) bond motifs is 1. The second-order valence-electron chi connectivity index (χ2n) is 7.39. The van der Waals surface area contributed by atoms with Gasteiger partial charge in [-0.3, -0.25) is 14.2 Å². The largest absolute Gasteiger partial charge is 0.348 e. The van der Waals surface area contributed by atoms with Gasteiger partial charge in [-0.2, -0.15) is 0 Å². The fourth-order valence-corrected chi connectivity index (χ4v) is 4.85. The van der Waals surface area contributed by atoms with Gasteiger partial charge in [-0.1, -0.05) is 48.6 Å². The molecule has 1 aromatic carbocycles. The predicted octanol–water partition coefficient (Wildman–Crippen LogP) is 2.80. The Morgan fingerprint density at radius 3 is 2.79 bits per heavy atom. The van der Waals surface area contributed by atoms with Crippen LogP contribution < -0.4 is 15.8 Å². The summed E-state index contributed by atoms with van der Waals surface area (Å²) in [5.41, 5.74) is 1.32. The summed E-state index contributed by atoms with van der Waals surface area (Å²) in [6, 6.07) is 9.58. The highest BCUT2D eigenvalue weighted by Crippen LogP contribution is 2.32. The summed E-state index contributed by atoms with van der Waals surface area (Å²) in [6.45, 7) is 4.72. The number of thiazole rings is 1. The molecular weight excluding hydrogens is 386 g/mol. The molecule has 0 radical (unpaired) electrons. The normalized spacial score (nSPS) is 17.6. The highest BCUT2D eigenvalue weighted by Gasteiger charge is 2.33. The summed E-state index contributed by atoms with van der Waals surface area (Å²) in [5.74, 6) is 0.735. The maximum absolute atomic E-state index is 13.0. The Balaban J connectivity index is 1.59. The lowest BCUT2D eigenvalue weighted by Crippen LogP contribution is -2.44. The molecule has 2 atom stereocenters. The van der Waals surface area contributed by atoms with Gasteiger partial charge in [0.1, 0.15) is 11.9 Å². The first-order chi connectivity index (χ1) is 14.0. The number of hydrogen-bond donors (Lipinski definition) is 1. The first-order valence-electron chi connectivity index (χ1n) is 9.98. The van der Waals surface area contributed by atoms with E-state index in [1.165, 1.54) is 11.3 Å². The molecule has 0 aliphatic carbocycles. The van der Waals surface area contributed by atoms with Crippen LogP contribution in [0.4, 0.5) is 5.13 Å². The van der Waals surface area contributed by atoms with Crippen LogP contribution in [0.15, 0.2) is 35.1 Å². The van der Waals surface area contributed by atoms with Crippen molar-refractivity contribution >= 4 is 32.7 Å². The third-order valence-electron chi connectivity index (χ3n) is 5.50. The molecule has 0 spiro atoms. The first-order valence-corrected chi connectivity index (χ1v) is 10.8. The van der Waals surface area contributed by atoms with Gasteiger partial charge in [-0.05, 0) is 25.3 Å². The van der Waals surface area contributed by atoms with Crippen LogP contribution in [0, 0.1) is 0 Å². The van der Waals surface area contributed by atoms with Gasteiger partial charge in [-0.25, -0.2) is 9.97 Å². The number of aromatic nitrogens is 3. The van der Waals surface area contributed by atoms with Gasteiger partial charge >= 0.3 is 0 Å². The highest BCUT2D eigenvalue weighted by atomic mass is 32.1. The third kappa shape index (κ3) is 3.64. The van der Waals surface area contributed by atoms with E-state index in [-0.39, 0.29) is 23.6 Å². The molecule has 4 rings (SSSR count). The summed E-state index contributed by atoms with van der Waals surface area (Å²) < 4.78 is 1.56. The summed E-state index contributed by atoms with van der Waals surface area (Å²) in [4.78, 5) is 37.4. The molecule has 7 nitrogen and oxygen atoms in total. The zero-order chi connectivity index (χ0) is 20.5. The van der Waals surface area contributed by atoms with Crippen LogP contribution in [0.25, 0.3) is 10.3 Å². The van der Waals surface area contributed by atoms with Crippen molar-refractivity contribution in [2.24, 2.45) is 7.05 Å². The van der Waals surface area contributed by atoms with Crippen molar-refractivity contribution < 1.29 is 4.79 Å². The molecular formula is C21H25N5O2S. The Bertz CT molecular complexity index is 1090. The number of anilines is 1. The average molecular weight is 412 g/mol. The number of benzene rings is 1. The molecule has 3 heterocycles. The number of carbonyl (C=O) groups excluding carboxylic acids is 1. The lowest BCUT2D eigenvalue weighted by atomic mass is 10.1. The lowest BCUT2D eigenvalue weighted by molar-refractivity contribution is -0.122. The van der Waals surface area contributed by atoms with Gasteiger partial charge in [0.25, 0.3) is 5.56 Å². The molecule has 152 valence electrons. The summed E-state index contributed by atoms with van der Waals surface area (Å²) in [6.07, 6.45) is 2.37. The summed E-state index contributed by atoms with van der Waals surface area (Å²) in [5, 5.41) is 3.82. The Kier molecular flexibility index (Phi) is 5.36. The Labute approximate surface area is 173 Å². The van der Waals surface area contributed by atoms with Crippen LogP contribution in [0.2, 0.25) is 0 Å². The molecule has 0 unspecified atom stereocenters. The number of aryl methyl sites for hydroxylation is 1. The number of carbonyl (C=O) groups is 1. The van der Waals surface area contributed by atoms with E-state index >= 15 is 0 Å². The minimum Gasteiger partial charge on any atom is -0.348 e. The Morgan fingerprint density at radius 1 is 1.31 bits per heavy atom. The molecule has 1 saturated heterocycles. The summed E-state index contributed by atoms with van der Waals surface area (Å²) >= 11 is 1.39. The second-order valence-corrected chi connectivity index (χ2v) is 8.34. The summed E-state index contributed by atoms with van der Waals surface area (Å²) in [7, 11) is 1.73. The van der Waals surface area contributed by atoms with Crippen LogP contribution >= 0.6 is 11.3 Å². The van der Waals surface area contributed by atoms with Crippen LogP contribution in [0.1, 0.15) is 44.1 Å². The standard InChI is InChI=1S/C21H25N5O2S/c1-4-16-23-19-17(20(28)25(16)3)24-21(29-19)26-12-8-11-15(26)18(27)22-13(2)14-9-6-5-7-10-14/h5-7,9-10,13,15H,4,8,11-12H2,1-3H3,(H,22,27)/t13-,15-/m1/s1. The molecule has 1 fully saturated rings. The highest BCUT2D eigenvalue weighted by molar-refractivity contribution is 7.21. The Morgan fingerprint density at radius 2 is 2.07 bits per heavy atom. The SMILES string of the molecule is CCc1nc2sc(N3CCC[C@@H]3C(=O)N[C@H](C)c3ccccc3)nc2c(=O)n1C. The van der Waals surface area contributed by atoms with Gasteiger partial charge in [0.05, 0.1) is 6.04 Å². The van der Waals surface area contributed by atoms with Gasteiger partial charge in [-0.15, -0.1) is 0 Å². The monoisotopic (exact) mass is 411 g/mol. The fourth-order valence-electron chi connectivity index (χ4n) is 3.83. The van der Waals surface area contributed by atoms with Crippen molar-refractivity contribution in [3.63, 3.8) is 0 Å². The molecule has 2 aromatic heterocycles. The zero-order valence-electron chi connectivity index (χ0n) is 16.9. The average Bonchev–Trinajstić information content (AvgIpc) is 3.38. The van der Waals surface area contributed by atoms with Crippen molar-refractivity contribution in [1.82, 2.24) is 19.9 Å². The fraction of sp³-hybridized carbons (Fsp3) is 0.429. The maximum Gasteiger partial charge on any atom is 0.280 e. The third-order valence-corrected chi connectivity index (χ3v) is 6.49. The van der Waals surface area contributed by atoms with E-state index in [0.717, 1.165) is 30.8 Å². The van der Waals surface area contributed by atoms with Crippen LogP contribution in [-0.2, 0) is 18.3 Å². The first kappa shape index (κ1) is 19.6. The van der Waals surface area contributed by atoms with Crippen molar-refractivity contribution in [2.45, 2.75) is 45.2 Å². The number of hydrogen-bond acceptors (Lipinski definition) is 6. The molecule has 0 saturated carbocycles. The minimum atomic E-state index is -0.281. The topological polar surface area (TPSA) is 80.1 Å². The van der Waals surface area contributed by atoms with Crippen molar-refractivity contribution in [1.29, 1.82) is 0 Å². The maximum atomic E-state index is 13.0. The smallest absolute Gasteiger partial charge is 0.280 e. The van der Waals surface area contributed by atoms with E-state index in [0.29, 0.717) is 21.9 Å². The van der Waals surface area contributed by atoms with Crippen LogP contribution in [0.3, 0.4) is 0 Å². The van der Waals surface area contributed by atoms with E-state index in [4.69, 9.17) is 0 Å². The van der Waals surface area contributed by atoms with Crippen molar-refractivity contribution in [3.8, 4) is 0 Å². The Hall–Kier alpha value is -2.74. The van der Waals surface area contributed by atoms with E-state index in [2.05, 4.69) is 15.3 Å². The number of amides is 1. The van der Waals surface area contributed by atoms with E-state index in [1.54, 1.807) is 11.6 Å². The lowest BCUT2D eigenvalue weighted by Gasteiger charge is -2.25. The number of nitrogens with one attached hydrogen (secondary N) is 1. The molecule has 1 N–H and O–H groups in total. The van der Waals surface area contributed by atoms with Gasteiger partial charge < -0.3 is 10.2 Å². The number of rotatable bonds is 5. The van der Waals surface area contributed by atoms with Crippen molar-refractivity contribution in [2.75, 3.05) is 11.4 Å². The molecule has 3 aromatic rings. The second kappa shape index (κ2) is 7.94. The quantitative estimate of drug-likeness (QED) is 0.698. The van der Waals surface area contributed by atoms with E-state index in [9.17, 15) is 9.59 Å². The number of nitrogens with zero attached hydrogens (tertiary/aromatic N) is 4. The molecule has 29 heavy (non-hydrogen) atoms. The molecule has 1 amide bonds. The van der Waals surface area contributed by atoms with E-state index < -0.39 is 0 Å². The van der Waals surface area contributed by atoms with Crippen molar-refractivity contribution in [3.05, 3.63) is 52.1 Å². The molecule has 1 aliphatic heterocycles. The molecule has 0 bridgehead atoms. The molecule has 8 heteroatoms. The van der Waals surface area contributed by atoms with Gasteiger partial charge in [0, 0.05) is 20.0 Å². The predicted molar refractivity (Wildman–Crippen MR) is 115 cm³/mol. The van der Waals surface area contributed by atoms with E-state index in [1.807, 2.05) is 49.1 Å². The van der Waals surface area contributed by atoms with Gasteiger partial charge in [0.15, 0.2) is 15.5 Å².